The lowest BCUT2D eigenvalue weighted by Gasteiger charge is -2.34. The molecule has 0 unspecified atom stereocenters. The Morgan fingerprint density at radius 1 is 1.18 bits per heavy atom. The van der Waals surface area contributed by atoms with Gasteiger partial charge in [-0.2, -0.15) is 5.10 Å². The fourth-order valence-electron chi connectivity index (χ4n) is 3.62. The van der Waals surface area contributed by atoms with Crippen molar-refractivity contribution >= 4 is 23.4 Å². The van der Waals surface area contributed by atoms with E-state index >= 15 is 0 Å². The number of carbonyl (C=O) groups is 2. The van der Waals surface area contributed by atoms with Gasteiger partial charge in [-0.3, -0.25) is 9.59 Å². The van der Waals surface area contributed by atoms with Crippen molar-refractivity contribution in [3.63, 3.8) is 0 Å². The highest BCUT2D eigenvalue weighted by Gasteiger charge is 2.27. The van der Waals surface area contributed by atoms with Gasteiger partial charge in [0.25, 0.3) is 5.91 Å². The molecule has 1 aromatic heterocycles. The molecule has 0 saturated carbocycles. The lowest BCUT2D eigenvalue weighted by Crippen LogP contribution is -2.48. The highest BCUT2D eigenvalue weighted by Crippen LogP contribution is 2.20. The zero-order chi connectivity index (χ0) is 20.1. The molecular formula is C21H27ClN4O2. The van der Waals surface area contributed by atoms with E-state index in [1.54, 1.807) is 23.0 Å². The first kappa shape index (κ1) is 20.4. The largest absolute Gasteiger partial charge is 0.348 e. The SMILES string of the molecule is CCC(CC)C(=O)N1CCC(NC(=O)c2ccn(-c3ccccc3Cl)n2)CC1. The van der Waals surface area contributed by atoms with E-state index in [0.717, 1.165) is 31.4 Å². The van der Waals surface area contributed by atoms with Crippen LogP contribution in [0.1, 0.15) is 50.0 Å². The van der Waals surface area contributed by atoms with Crippen molar-refractivity contribution in [2.45, 2.75) is 45.6 Å². The molecule has 0 bridgehead atoms. The average Bonchev–Trinajstić information content (AvgIpc) is 3.20. The van der Waals surface area contributed by atoms with E-state index in [1.807, 2.05) is 23.1 Å². The number of para-hydroxylation sites is 1. The third kappa shape index (κ3) is 4.55. The third-order valence-corrected chi connectivity index (χ3v) is 5.72. The van der Waals surface area contributed by atoms with Gasteiger partial charge in [0.05, 0.1) is 10.7 Å². The molecule has 3 rings (SSSR count). The number of hydrogen-bond donors (Lipinski definition) is 1. The Kier molecular flexibility index (Phi) is 6.73. The molecule has 1 aliphatic rings. The molecule has 0 spiro atoms. The number of nitrogens with zero attached hydrogens (tertiary/aromatic N) is 3. The van der Waals surface area contributed by atoms with Crippen molar-refractivity contribution < 1.29 is 9.59 Å². The molecule has 2 amide bonds. The average molecular weight is 403 g/mol. The van der Waals surface area contributed by atoms with Gasteiger partial charge in [0.1, 0.15) is 0 Å². The monoisotopic (exact) mass is 402 g/mol. The predicted molar refractivity (Wildman–Crippen MR) is 110 cm³/mol. The number of hydrogen-bond acceptors (Lipinski definition) is 3. The minimum Gasteiger partial charge on any atom is -0.348 e. The van der Waals surface area contributed by atoms with Gasteiger partial charge in [-0.15, -0.1) is 0 Å². The van der Waals surface area contributed by atoms with Crippen LogP contribution >= 0.6 is 11.6 Å². The van der Waals surface area contributed by atoms with Gasteiger partial charge >= 0.3 is 0 Å². The van der Waals surface area contributed by atoms with Gasteiger partial charge < -0.3 is 10.2 Å². The molecule has 150 valence electrons. The first-order chi connectivity index (χ1) is 13.5. The molecule has 2 heterocycles. The zero-order valence-electron chi connectivity index (χ0n) is 16.4. The van der Waals surface area contributed by atoms with Crippen LogP contribution in [-0.4, -0.2) is 45.6 Å². The van der Waals surface area contributed by atoms with Crippen LogP contribution in [0, 0.1) is 5.92 Å². The summed E-state index contributed by atoms with van der Waals surface area (Å²) < 4.78 is 1.61. The topological polar surface area (TPSA) is 67.2 Å². The van der Waals surface area contributed by atoms with E-state index in [4.69, 9.17) is 11.6 Å². The molecule has 0 radical (unpaired) electrons. The van der Waals surface area contributed by atoms with Crippen molar-refractivity contribution in [1.82, 2.24) is 20.0 Å². The smallest absolute Gasteiger partial charge is 0.272 e. The number of amides is 2. The molecule has 2 aromatic rings. The lowest BCUT2D eigenvalue weighted by molar-refractivity contribution is -0.136. The maximum absolute atomic E-state index is 12.6. The van der Waals surface area contributed by atoms with Crippen molar-refractivity contribution in [2.75, 3.05) is 13.1 Å². The molecule has 0 atom stereocenters. The fourth-order valence-corrected chi connectivity index (χ4v) is 3.84. The van der Waals surface area contributed by atoms with Gasteiger partial charge in [0, 0.05) is 31.2 Å². The maximum atomic E-state index is 12.6. The second-order valence-electron chi connectivity index (χ2n) is 7.18. The second kappa shape index (κ2) is 9.24. The summed E-state index contributed by atoms with van der Waals surface area (Å²) in [6.45, 7) is 5.49. The standard InChI is InChI=1S/C21H27ClN4O2/c1-3-15(4-2)21(28)25-12-9-16(10-13-25)23-20(27)18-11-14-26(24-18)19-8-6-5-7-17(19)22/h5-8,11,14-16H,3-4,9-10,12-13H2,1-2H3,(H,23,27). The Labute approximate surface area is 170 Å². The van der Waals surface area contributed by atoms with Crippen molar-refractivity contribution in [3.05, 3.63) is 47.2 Å². The maximum Gasteiger partial charge on any atom is 0.272 e. The minimum atomic E-state index is -0.199. The number of aromatic nitrogens is 2. The predicted octanol–water partition coefficient (Wildman–Crippen LogP) is 3.68. The molecule has 7 heteroatoms. The van der Waals surface area contributed by atoms with Crippen LogP contribution in [0.25, 0.3) is 5.69 Å². The summed E-state index contributed by atoms with van der Waals surface area (Å²) in [7, 11) is 0. The minimum absolute atomic E-state index is 0.0590. The van der Waals surface area contributed by atoms with Crippen LogP contribution in [0.2, 0.25) is 5.02 Å². The fraction of sp³-hybridized carbons (Fsp3) is 0.476. The number of halogens is 1. The van der Waals surface area contributed by atoms with Crippen LogP contribution in [0.3, 0.4) is 0 Å². The van der Waals surface area contributed by atoms with Crippen molar-refractivity contribution in [2.24, 2.45) is 5.92 Å². The number of piperidine rings is 1. The molecule has 1 N–H and O–H groups in total. The molecule has 1 aliphatic heterocycles. The first-order valence-corrected chi connectivity index (χ1v) is 10.3. The van der Waals surface area contributed by atoms with E-state index < -0.39 is 0 Å². The molecule has 6 nitrogen and oxygen atoms in total. The third-order valence-electron chi connectivity index (χ3n) is 5.40. The Bertz CT molecular complexity index is 823. The number of benzene rings is 1. The summed E-state index contributed by atoms with van der Waals surface area (Å²) >= 11 is 6.19. The number of nitrogens with one attached hydrogen (secondary N) is 1. The molecule has 28 heavy (non-hydrogen) atoms. The number of likely N-dealkylation sites (tertiary alicyclic amines) is 1. The molecule has 0 aliphatic carbocycles. The second-order valence-corrected chi connectivity index (χ2v) is 7.59. The van der Waals surface area contributed by atoms with Gasteiger partial charge in [0.2, 0.25) is 5.91 Å². The summed E-state index contributed by atoms with van der Waals surface area (Å²) in [5.41, 5.74) is 1.09. The highest BCUT2D eigenvalue weighted by molar-refractivity contribution is 6.32. The Hall–Kier alpha value is -2.34. The van der Waals surface area contributed by atoms with E-state index in [2.05, 4.69) is 24.3 Å². The summed E-state index contributed by atoms with van der Waals surface area (Å²) in [6.07, 6.45) is 5.01. The van der Waals surface area contributed by atoms with Crippen LogP contribution in [0.15, 0.2) is 36.5 Å². The van der Waals surface area contributed by atoms with E-state index in [0.29, 0.717) is 23.8 Å². The van der Waals surface area contributed by atoms with Crippen molar-refractivity contribution in [1.29, 1.82) is 0 Å². The van der Waals surface area contributed by atoms with E-state index in [1.165, 1.54) is 0 Å². The molecular weight excluding hydrogens is 376 g/mol. The van der Waals surface area contributed by atoms with Crippen LogP contribution in [-0.2, 0) is 4.79 Å². The van der Waals surface area contributed by atoms with Crippen LogP contribution < -0.4 is 5.32 Å². The van der Waals surface area contributed by atoms with Crippen molar-refractivity contribution in [3.8, 4) is 5.69 Å². The molecule has 1 fully saturated rings. The van der Waals surface area contributed by atoms with E-state index in [-0.39, 0.29) is 23.8 Å². The summed E-state index contributed by atoms with van der Waals surface area (Å²) in [4.78, 5) is 27.0. The first-order valence-electron chi connectivity index (χ1n) is 9.93. The van der Waals surface area contributed by atoms with Gasteiger partial charge in [0.15, 0.2) is 5.69 Å². The Balaban J connectivity index is 1.55. The summed E-state index contributed by atoms with van der Waals surface area (Å²) in [5.74, 6) is 0.156. The molecule has 1 aromatic carbocycles. The Morgan fingerprint density at radius 3 is 2.50 bits per heavy atom. The highest BCUT2D eigenvalue weighted by atomic mass is 35.5. The van der Waals surface area contributed by atoms with Gasteiger partial charge in [-0.1, -0.05) is 37.6 Å². The Morgan fingerprint density at radius 2 is 1.86 bits per heavy atom. The lowest BCUT2D eigenvalue weighted by atomic mass is 9.98. The molecule has 1 saturated heterocycles. The normalized spacial score (nSPS) is 15.1. The van der Waals surface area contributed by atoms with Crippen LogP contribution in [0.4, 0.5) is 0 Å². The number of carbonyl (C=O) groups excluding carboxylic acids is 2. The quantitative estimate of drug-likeness (QED) is 0.801. The van der Waals surface area contributed by atoms with E-state index in [9.17, 15) is 9.59 Å². The summed E-state index contributed by atoms with van der Waals surface area (Å²) in [6, 6.07) is 9.11. The van der Waals surface area contributed by atoms with Gasteiger partial charge in [-0.05, 0) is 43.9 Å². The van der Waals surface area contributed by atoms with Gasteiger partial charge in [-0.25, -0.2) is 4.68 Å². The summed E-state index contributed by atoms with van der Waals surface area (Å²) in [5, 5.41) is 7.97. The number of rotatable bonds is 6. The zero-order valence-corrected chi connectivity index (χ0v) is 17.2. The van der Waals surface area contributed by atoms with Crippen LogP contribution in [0.5, 0.6) is 0 Å².